The second-order valence-electron chi connectivity index (χ2n) is 15.9. The van der Waals surface area contributed by atoms with Gasteiger partial charge in [-0.15, -0.1) is 0 Å². The van der Waals surface area contributed by atoms with E-state index in [1.165, 1.54) is 49.5 Å². The number of benzene rings is 4. The van der Waals surface area contributed by atoms with E-state index >= 15 is 0 Å². The molecule has 2 amide bonds. The van der Waals surface area contributed by atoms with Crippen LogP contribution in [0.4, 0.5) is 13.2 Å². The van der Waals surface area contributed by atoms with Crippen LogP contribution in [0.15, 0.2) is 94.7 Å². The summed E-state index contributed by atoms with van der Waals surface area (Å²) in [7, 11) is -5.81. The van der Waals surface area contributed by atoms with E-state index in [4.69, 9.17) is 20.9 Å². The summed E-state index contributed by atoms with van der Waals surface area (Å²) in [5, 5.41) is 0. The van der Waals surface area contributed by atoms with Gasteiger partial charge in [0, 0.05) is 75.2 Å². The highest BCUT2D eigenvalue weighted by Gasteiger charge is 2.40. The van der Waals surface area contributed by atoms with Gasteiger partial charge in [-0.2, -0.15) is 0 Å². The van der Waals surface area contributed by atoms with Gasteiger partial charge in [-0.05, 0) is 91.3 Å². The molecule has 0 aromatic heterocycles. The molecule has 0 radical (unpaired) electrons. The van der Waals surface area contributed by atoms with Gasteiger partial charge >= 0.3 is 0 Å². The molecule has 4 aromatic carbocycles. The van der Waals surface area contributed by atoms with Crippen molar-refractivity contribution in [2.45, 2.75) is 84.8 Å². The third kappa shape index (κ3) is 11.8. The number of rotatable bonds is 19. The van der Waals surface area contributed by atoms with Crippen LogP contribution < -0.4 is 30.4 Å². The lowest BCUT2D eigenvalue weighted by molar-refractivity contribution is -0.133. The predicted octanol–water partition coefficient (Wildman–Crippen LogP) is 3.97. The van der Waals surface area contributed by atoms with Crippen LogP contribution in [-0.2, 0) is 42.5 Å². The van der Waals surface area contributed by atoms with Crippen LogP contribution in [-0.4, -0.2) is 103 Å². The number of hydrogen-bond donors (Lipinski definition) is 4. The molecule has 2 aliphatic rings. The SMILES string of the molecule is COc1cc(C2C[C@@H](CNS(=O)(=O)c3ccc(F)cc3)N(C(=O)C[C@H](N)Cc3ccccc3F)C2)c(S(=O)(=O)NC[C@@H]2CCCN2C(=O)C[C@H](N)Cc2ccccc2F)cc1OC. The first-order chi connectivity index (χ1) is 30.0. The van der Waals surface area contributed by atoms with Crippen LogP contribution in [0.2, 0.25) is 0 Å². The minimum Gasteiger partial charge on any atom is -0.493 e. The van der Waals surface area contributed by atoms with Gasteiger partial charge in [0.1, 0.15) is 17.5 Å². The standard InChI is InChI=1S/C44H53F3N6O8S2/c1-60-40-23-37(42(24-41(40)61-2)63(58,59)51-25-34-10-7-17-52(34)43(54)21-32(48)18-28-8-3-5-11-38(28)46)30-20-35(26-50-62(56,57)36-15-13-31(45)14-16-36)53(27-30)44(55)22-33(49)19-29-9-4-6-12-39(29)47/h3-6,8-9,11-16,23-24,30,32-35,50-51H,7,10,17-22,25-27,48-49H2,1-2H3/t30?,32-,33-,34+,35+/m1/s1. The lowest BCUT2D eigenvalue weighted by atomic mass is 9.95. The van der Waals surface area contributed by atoms with Crippen LogP contribution in [0.3, 0.4) is 0 Å². The number of methoxy groups -OCH3 is 2. The monoisotopic (exact) mass is 914 g/mol. The molecule has 6 rings (SSSR count). The van der Waals surface area contributed by atoms with E-state index in [9.17, 15) is 39.6 Å². The maximum atomic E-state index is 14.5. The molecule has 63 heavy (non-hydrogen) atoms. The highest BCUT2D eigenvalue weighted by Crippen LogP contribution is 2.41. The molecule has 5 atom stereocenters. The summed E-state index contributed by atoms with van der Waals surface area (Å²) < 4.78 is 114. The Hall–Kier alpha value is -5.05. The van der Waals surface area contributed by atoms with Crippen molar-refractivity contribution in [2.24, 2.45) is 11.5 Å². The summed E-state index contributed by atoms with van der Waals surface area (Å²) >= 11 is 0. The molecular formula is C44H53F3N6O8S2. The van der Waals surface area contributed by atoms with Gasteiger partial charge in [-0.25, -0.2) is 39.5 Å². The Kier molecular flexibility index (Phi) is 15.5. The number of carbonyl (C=O) groups is 2. The number of nitrogens with zero attached hydrogens (tertiary/aromatic N) is 2. The van der Waals surface area contributed by atoms with Crippen LogP contribution in [0.25, 0.3) is 0 Å². The van der Waals surface area contributed by atoms with E-state index in [1.54, 1.807) is 35.2 Å². The molecule has 0 bridgehead atoms. The summed E-state index contributed by atoms with van der Waals surface area (Å²) in [6.07, 6.45) is 1.14. The summed E-state index contributed by atoms with van der Waals surface area (Å²) in [6.45, 7) is -0.0767. The highest BCUT2D eigenvalue weighted by atomic mass is 32.2. The third-order valence-corrected chi connectivity index (χ3v) is 14.5. The van der Waals surface area contributed by atoms with Gasteiger partial charge < -0.3 is 30.7 Å². The molecular weight excluding hydrogens is 862 g/mol. The molecule has 14 nitrogen and oxygen atoms in total. The molecule has 2 aliphatic heterocycles. The average Bonchev–Trinajstić information content (AvgIpc) is 3.91. The molecule has 2 heterocycles. The fourth-order valence-corrected chi connectivity index (χ4v) is 10.8. The van der Waals surface area contributed by atoms with Crippen LogP contribution in [0, 0.1) is 17.5 Å². The number of likely N-dealkylation sites (tertiary alicyclic amines) is 2. The van der Waals surface area contributed by atoms with Gasteiger partial charge in [0.25, 0.3) is 0 Å². The normalized spacial score (nSPS) is 18.9. The lowest BCUT2D eigenvalue weighted by Crippen LogP contribution is -2.45. The Labute approximate surface area is 366 Å². The summed E-state index contributed by atoms with van der Waals surface area (Å²) in [5.74, 6) is -2.63. The zero-order valence-corrected chi connectivity index (χ0v) is 36.6. The fraction of sp³-hybridized carbons (Fsp3) is 0.409. The minimum absolute atomic E-state index is 0.0474. The highest BCUT2D eigenvalue weighted by molar-refractivity contribution is 7.89. The number of hydrogen-bond acceptors (Lipinski definition) is 10. The molecule has 2 saturated heterocycles. The van der Waals surface area contributed by atoms with Gasteiger partial charge in [0.2, 0.25) is 31.9 Å². The molecule has 19 heteroatoms. The molecule has 0 saturated carbocycles. The van der Waals surface area contributed by atoms with Crippen molar-refractivity contribution in [3.05, 3.63) is 119 Å². The Balaban J connectivity index is 1.23. The van der Waals surface area contributed by atoms with Crippen molar-refractivity contribution in [2.75, 3.05) is 40.4 Å². The maximum absolute atomic E-state index is 14.5. The summed E-state index contributed by atoms with van der Waals surface area (Å²) in [6, 6.07) is 16.5. The van der Waals surface area contributed by atoms with E-state index in [0.717, 1.165) is 24.3 Å². The number of sulfonamides is 2. The minimum atomic E-state index is -4.37. The van der Waals surface area contributed by atoms with Gasteiger partial charge in [0.05, 0.1) is 24.0 Å². The van der Waals surface area contributed by atoms with Gasteiger partial charge in [-0.3, -0.25) is 9.59 Å². The molecule has 4 aromatic rings. The van der Waals surface area contributed by atoms with E-state index in [1.807, 2.05) is 0 Å². The Morgan fingerprint density at radius 1 is 0.730 bits per heavy atom. The fourth-order valence-electron chi connectivity index (χ4n) is 8.35. The van der Waals surface area contributed by atoms with Crippen molar-refractivity contribution in [3.8, 4) is 11.5 Å². The van der Waals surface area contributed by atoms with E-state index in [2.05, 4.69) is 9.44 Å². The van der Waals surface area contributed by atoms with Crippen LogP contribution in [0.5, 0.6) is 11.5 Å². The van der Waals surface area contributed by atoms with Crippen molar-refractivity contribution >= 4 is 31.9 Å². The number of ether oxygens (including phenoxy) is 2. The van der Waals surface area contributed by atoms with E-state index < -0.39 is 73.5 Å². The average molecular weight is 915 g/mol. The maximum Gasteiger partial charge on any atom is 0.241 e. The zero-order valence-electron chi connectivity index (χ0n) is 35.0. The van der Waals surface area contributed by atoms with E-state index in [0.29, 0.717) is 30.5 Å². The second kappa shape index (κ2) is 20.6. The number of nitrogens with two attached hydrogens (primary N) is 2. The quantitative estimate of drug-likeness (QED) is 0.107. The molecule has 0 aliphatic carbocycles. The third-order valence-electron chi connectivity index (χ3n) is 11.6. The smallest absolute Gasteiger partial charge is 0.241 e. The summed E-state index contributed by atoms with van der Waals surface area (Å²) in [5.41, 5.74) is 13.6. The number of nitrogens with one attached hydrogen (secondary N) is 2. The van der Waals surface area contributed by atoms with Crippen molar-refractivity contribution in [1.29, 1.82) is 0 Å². The Bertz CT molecular complexity index is 2480. The molecule has 2 fully saturated rings. The second-order valence-corrected chi connectivity index (χ2v) is 19.4. The first-order valence-electron chi connectivity index (χ1n) is 20.6. The zero-order chi connectivity index (χ0) is 45.5. The Morgan fingerprint density at radius 2 is 1.25 bits per heavy atom. The van der Waals surface area contributed by atoms with Crippen molar-refractivity contribution in [3.63, 3.8) is 0 Å². The molecule has 340 valence electrons. The number of halogens is 3. The van der Waals surface area contributed by atoms with Gasteiger partial charge in [-0.1, -0.05) is 36.4 Å². The first-order valence-corrected chi connectivity index (χ1v) is 23.5. The van der Waals surface area contributed by atoms with Crippen LogP contribution >= 0.6 is 0 Å². The first kappa shape index (κ1) is 47.4. The van der Waals surface area contributed by atoms with E-state index in [-0.39, 0.29) is 84.5 Å². The molecule has 1 unspecified atom stereocenters. The van der Waals surface area contributed by atoms with Crippen LogP contribution in [0.1, 0.15) is 54.7 Å². The lowest BCUT2D eigenvalue weighted by Gasteiger charge is -2.27. The summed E-state index contributed by atoms with van der Waals surface area (Å²) in [4.78, 5) is 30.2. The molecule has 0 spiro atoms. The number of amides is 2. The van der Waals surface area contributed by atoms with Gasteiger partial charge in [0.15, 0.2) is 11.5 Å². The van der Waals surface area contributed by atoms with Crippen molar-refractivity contribution < 1.29 is 49.1 Å². The molecule has 6 N–H and O–H groups in total. The Morgan fingerprint density at radius 3 is 1.83 bits per heavy atom. The largest absolute Gasteiger partial charge is 0.493 e. The predicted molar refractivity (Wildman–Crippen MR) is 229 cm³/mol. The number of carbonyl (C=O) groups excluding carboxylic acids is 2. The van der Waals surface area contributed by atoms with Crippen molar-refractivity contribution in [1.82, 2.24) is 19.2 Å². The topological polar surface area (TPSA) is 203 Å².